The minimum absolute atomic E-state index is 0.279. The van der Waals surface area contributed by atoms with Crippen LogP contribution < -0.4 is 15.5 Å². The van der Waals surface area contributed by atoms with Crippen molar-refractivity contribution in [3.8, 4) is 0 Å². The summed E-state index contributed by atoms with van der Waals surface area (Å²) in [6.45, 7) is 6.02. The number of urea groups is 1. The van der Waals surface area contributed by atoms with Crippen LogP contribution in [0.3, 0.4) is 0 Å². The SMILES string of the molecule is CCOC(=O)C1=C(CN2CCN(c3ccccc3)CC2)NC(=O)N[C@H]1c1ccccc1. The van der Waals surface area contributed by atoms with E-state index in [2.05, 4.69) is 32.6 Å². The third kappa shape index (κ3) is 4.88. The lowest BCUT2D eigenvalue weighted by molar-refractivity contribution is -0.139. The van der Waals surface area contributed by atoms with Gasteiger partial charge in [0.15, 0.2) is 0 Å². The predicted molar refractivity (Wildman–Crippen MR) is 120 cm³/mol. The molecule has 1 atom stereocenters. The minimum atomic E-state index is -0.533. The first-order valence-electron chi connectivity index (χ1n) is 10.7. The van der Waals surface area contributed by atoms with Crippen molar-refractivity contribution in [1.82, 2.24) is 15.5 Å². The molecule has 2 aliphatic rings. The van der Waals surface area contributed by atoms with E-state index in [0.29, 0.717) is 17.8 Å². The largest absolute Gasteiger partial charge is 0.463 e. The molecule has 2 aliphatic heterocycles. The highest BCUT2D eigenvalue weighted by Crippen LogP contribution is 2.28. The van der Waals surface area contributed by atoms with Gasteiger partial charge in [-0.3, -0.25) is 4.90 Å². The fraction of sp³-hybridized carbons (Fsp3) is 0.333. The number of hydrogen-bond acceptors (Lipinski definition) is 5. The summed E-state index contributed by atoms with van der Waals surface area (Å²) in [5, 5.41) is 5.75. The summed E-state index contributed by atoms with van der Waals surface area (Å²) in [7, 11) is 0. The Kier molecular flexibility index (Phi) is 6.52. The summed E-state index contributed by atoms with van der Waals surface area (Å²) in [5.41, 5.74) is 3.15. The van der Waals surface area contributed by atoms with E-state index in [4.69, 9.17) is 4.74 Å². The van der Waals surface area contributed by atoms with Crippen LogP contribution in [0.1, 0.15) is 18.5 Å². The topological polar surface area (TPSA) is 73.9 Å². The number of para-hydroxylation sites is 1. The van der Waals surface area contributed by atoms with Gasteiger partial charge in [0.1, 0.15) is 0 Å². The van der Waals surface area contributed by atoms with Gasteiger partial charge in [0.2, 0.25) is 0 Å². The van der Waals surface area contributed by atoms with Crippen LogP contribution in [0.4, 0.5) is 10.5 Å². The smallest absolute Gasteiger partial charge is 0.338 e. The summed E-state index contributed by atoms with van der Waals surface area (Å²) in [6.07, 6.45) is 0. The van der Waals surface area contributed by atoms with Crippen molar-refractivity contribution in [2.24, 2.45) is 0 Å². The van der Waals surface area contributed by atoms with E-state index in [9.17, 15) is 9.59 Å². The minimum Gasteiger partial charge on any atom is -0.463 e. The first-order chi connectivity index (χ1) is 15.2. The van der Waals surface area contributed by atoms with Gasteiger partial charge >= 0.3 is 12.0 Å². The zero-order valence-corrected chi connectivity index (χ0v) is 17.7. The second-order valence-electron chi connectivity index (χ2n) is 7.65. The number of carbonyl (C=O) groups excluding carboxylic acids is 2. The van der Waals surface area contributed by atoms with Crippen LogP contribution in [0.25, 0.3) is 0 Å². The van der Waals surface area contributed by atoms with Crippen molar-refractivity contribution in [2.45, 2.75) is 13.0 Å². The fourth-order valence-electron chi connectivity index (χ4n) is 4.11. The number of hydrogen-bond donors (Lipinski definition) is 2. The maximum Gasteiger partial charge on any atom is 0.338 e. The molecule has 1 saturated heterocycles. The first-order valence-corrected chi connectivity index (χ1v) is 10.7. The van der Waals surface area contributed by atoms with Crippen LogP contribution in [0.15, 0.2) is 71.9 Å². The molecule has 2 heterocycles. The lowest BCUT2D eigenvalue weighted by Crippen LogP contribution is -2.51. The van der Waals surface area contributed by atoms with Crippen LogP contribution in [0.2, 0.25) is 0 Å². The zero-order chi connectivity index (χ0) is 21.6. The van der Waals surface area contributed by atoms with Crippen LogP contribution in [0, 0.1) is 0 Å². The van der Waals surface area contributed by atoms with E-state index in [-0.39, 0.29) is 12.6 Å². The normalized spacial score (nSPS) is 19.6. The molecule has 2 N–H and O–H groups in total. The maximum atomic E-state index is 12.9. The standard InChI is InChI=1S/C24H28N4O3/c1-2-31-23(29)21-20(25-24(30)26-22(21)18-9-5-3-6-10-18)17-27-13-15-28(16-14-27)19-11-7-4-8-12-19/h3-12,22H,2,13-17H2,1H3,(H2,25,26,30)/t22-/m0/s1. The molecule has 2 aromatic rings. The molecule has 0 spiro atoms. The summed E-state index contributed by atoms with van der Waals surface area (Å²) >= 11 is 0. The van der Waals surface area contributed by atoms with Crippen molar-refractivity contribution < 1.29 is 14.3 Å². The molecule has 0 aromatic heterocycles. The Labute approximate surface area is 182 Å². The number of benzene rings is 2. The number of ether oxygens (including phenoxy) is 1. The van der Waals surface area contributed by atoms with Crippen molar-refractivity contribution >= 4 is 17.7 Å². The van der Waals surface area contributed by atoms with Gasteiger partial charge in [-0.05, 0) is 24.6 Å². The van der Waals surface area contributed by atoms with Crippen LogP contribution in [-0.2, 0) is 9.53 Å². The van der Waals surface area contributed by atoms with Gasteiger partial charge in [0, 0.05) is 44.1 Å². The Morgan fingerprint density at radius 2 is 1.65 bits per heavy atom. The Morgan fingerprint density at radius 3 is 2.29 bits per heavy atom. The van der Waals surface area contributed by atoms with Crippen molar-refractivity contribution in [1.29, 1.82) is 0 Å². The molecule has 2 aromatic carbocycles. The molecule has 0 aliphatic carbocycles. The lowest BCUT2D eigenvalue weighted by atomic mass is 9.95. The zero-order valence-electron chi connectivity index (χ0n) is 17.7. The first kappa shape index (κ1) is 20.9. The van der Waals surface area contributed by atoms with E-state index in [0.717, 1.165) is 31.7 Å². The van der Waals surface area contributed by atoms with Gasteiger partial charge in [0.25, 0.3) is 0 Å². The van der Waals surface area contributed by atoms with Gasteiger partial charge < -0.3 is 20.3 Å². The third-order valence-corrected chi connectivity index (χ3v) is 5.66. The van der Waals surface area contributed by atoms with Crippen molar-refractivity contribution in [2.75, 3.05) is 44.2 Å². The Bertz CT molecular complexity index is 938. The lowest BCUT2D eigenvalue weighted by Gasteiger charge is -2.38. The molecule has 31 heavy (non-hydrogen) atoms. The quantitative estimate of drug-likeness (QED) is 0.703. The highest BCUT2D eigenvalue weighted by atomic mass is 16.5. The van der Waals surface area contributed by atoms with Crippen molar-refractivity contribution in [3.05, 3.63) is 77.5 Å². The molecule has 4 rings (SSSR count). The van der Waals surface area contributed by atoms with Crippen LogP contribution in [-0.4, -0.2) is 56.2 Å². The maximum absolute atomic E-state index is 12.9. The van der Waals surface area contributed by atoms with Crippen molar-refractivity contribution in [3.63, 3.8) is 0 Å². The summed E-state index contributed by atoms with van der Waals surface area (Å²) in [6, 6.07) is 19.0. The second kappa shape index (κ2) is 9.66. The fourth-order valence-corrected chi connectivity index (χ4v) is 4.11. The van der Waals surface area contributed by atoms with Gasteiger partial charge in [-0.15, -0.1) is 0 Å². The molecule has 0 unspecified atom stereocenters. The molecule has 0 radical (unpaired) electrons. The molecular weight excluding hydrogens is 392 g/mol. The highest BCUT2D eigenvalue weighted by molar-refractivity contribution is 5.95. The summed E-state index contributed by atoms with van der Waals surface area (Å²) in [5.74, 6) is -0.401. The Morgan fingerprint density at radius 1 is 1.00 bits per heavy atom. The van der Waals surface area contributed by atoms with Gasteiger partial charge in [-0.2, -0.15) is 0 Å². The Balaban J connectivity index is 1.55. The van der Waals surface area contributed by atoms with Gasteiger partial charge in [0.05, 0.1) is 18.2 Å². The second-order valence-corrected chi connectivity index (χ2v) is 7.65. The molecule has 7 nitrogen and oxygen atoms in total. The van der Waals surface area contributed by atoms with Gasteiger partial charge in [-0.1, -0.05) is 48.5 Å². The monoisotopic (exact) mass is 420 g/mol. The molecule has 2 amide bonds. The Hall–Kier alpha value is -3.32. The van der Waals surface area contributed by atoms with E-state index < -0.39 is 12.0 Å². The van der Waals surface area contributed by atoms with Gasteiger partial charge in [-0.25, -0.2) is 9.59 Å². The average molecular weight is 421 g/mol. The van der Waals surface area contributed by atoms with E-state index in [1.54, 1.807) is 6.92 Å². The number of esters is 1. The number of anilines is 1. The van der Waals surface area contributed by atoms with E-state index in [1.807, 2.05) is 48.5 Å². The molecular formula is C24H28N4O3. The number of rotatable bonds is 6. The van der Waals surface area contributed by atoms with Crippen LogP contribution >= 0.6 is 0 Å². The predicted octanol–water partition coefficient (Wildman–Crippen LogP) is 2.68. The molecule has 1 fully saturated rings. The molecule has 162 valence electrons. The highest BCUT2D eigenvalue weighted by Gasteiger charge is 2.34. The average Bonchev–Trinajstić information content (AvgIpc) is 2.80. The third-order valence-electron chi connectivity index (χ3n) is 5.66. The summed E-state index contributed by atoms with van der Waals surface area (Å²) < 4.78 is 5.35. The van der Waals surface area contributed by atoms with Crippen LogP contribution in [0.5, 0.6) is 0 Å². The number of nitrogens with one attached hydrogen (secondary N) is 2. The number of carbonyl (C=O) groups is 2. The molecule has 7 heteroatoms. The van der Waals surface area contributed by atoms with E-state index in [1.165, 1.54) is 5.69 Å². The van der Waals surface area contributed by atoms with E-state index >= 15 is 0 Å². The summed E-state index contributed by atoms with van der Waals surface area (Å²) in [4.78, 5) is 29.9. The molecule has 0 saturated carbocycles. The number of piperazine rings is 1. The number of nitrogens with zero attached hydrogens (tertiary/aromatic N) is 2. The number of amides is 2. The molecule has 0 bridgehead atoms.